The van der Waals surface area contributed by atoms with Gasteiger partial charge in [0, 0.05) is 23.8 Å². The van der Waals surface area contributed by atoms with Crippen LogP contribution in [0.3, 0.4) is 0 Å². The van der Waals surface area contributed by atoms with Crippen LogP contribution in [0.4, 0.5) is 0 Å². The summed E-state index contributed by atoms with van der Waals surface area (Å²) < 4.78 is 47.0. The standard InChI is InChI=1S/C37H40O8S/c1-24-17-31(42-15-8-16-46(4,40)41)18-25(2)36(24)33-19-27(11-12-28(33)22-44-29-9-6-5-7-10-29)21-43-30-13-14-32-34(26(3)37(38)39)23-45-35(32)20-30/h5-7,9-14,17-20,26,34H,8,15-16,21-23H2,1-4H3,(H,38,39)/t26?,34-/m0/s1. The van der Waals surface area contributed by atoms with Crippen LogP contribution in [0.2, 0.25) is 0 Å². The summed E-state index contributed by atoms with van der Waals surface area (Å²) in [5.41, 5.74) is 7.03. The minimum absolute atomic E-state index is 0.0889. The Kier molecular flexibility index (Phi) is 10.2. The molecule has 46 heavy (non-hydrogen) atoms. The molecule has 8 nitrogen and oxygen atoms in total. The molecule has 0 saturated carbocycles. The summed E-state index contributed by atoms with van der Waals surface area (Å²) in [7, 11) is -3.03. The maximum atomic E-state index is 11.5. The fourth-order valence-corrected chi connectivity index (χ4v) is 6.39. The highest BCUT2D eigenvalue weighted by Crippen LogP contribution is 2.41. The summed E-state index contributed by atoms with van der Waals surface area (Å²) in [5, 5.41) is 9.45. The van der Waals surface area contributed by atoms with Crippen LogP contribution in [0.25, 0.3) is 11.1 Å². The molecular formula is C37H40O8S. The van der Waals surface area contributed by atoms with Gasteiger partial charge in [0.05, 0.1) is 24.9 Å². The molecule has 0 spiro atoms. The van der Waals surface area contributed by atoms with Gasteiger partial charge in [-0.1, -0.05) is 43.3 Å². The number of carboxylic acid groups (broad SMARTS) is 1. The first-order valence-corrected chi connectivity index (χ1v) is 17.4. The van der Waals surface area contributed by atoms with Crippen molar-refractivity contribution in [1.82, 2.24) is 0 Å². The van der Waals surface area contributed by atoms with Gasteiger partial charge in [-0.15, -0.1) is 0 Å². The van der Waals surface area contributed by atoms with E-state index in [1.807, 2.05) is 80.6 Å². The summed E-state index contributed by atoms with van der Waals surface area (Å²) in [6, 6.07) is 25.5. The Hall–Kier alpha value is -4.50. The molecule has 0 amide bonds. The summed E-state index contributed by atoms with van der Waals surface area (Å²) in [6.45, 7) is 7.14. The Bertz CT molecular complexity index is 1780. The molecule has 1 unspecified atom stereocenters. The van der Waals surface area contributed by atoms with Gasteiger partial charge in [-0.25, -0.2) is 8.42 Å². The smallest absolute Gasteiger partial charge is 0.306 e. The number of rotatable bonds is 14. The number of benzene rings is 4. The second-order valence-electron chi connectivity index (χ2n) is 11.9. The molecule has 1 heterocycles. The van der Waals surface area contributed by atoms with Gasteiger partial charge in [-0.05, 0) is 90.0 Å². The normalized spacial score (nSPS) is 14.7. The van der Waals surface area contributed by atoms with Gasteiger partial charge in [0.25, 0.3) is 0 Å². The van der Waals surface area contributed by atoms with Crippen molar-refractivity contribution in [2.75, 3.05) is 25.2 Å². The topological polar surface area (TPSA) is 108 Å². The van der Waals surface area contributed by atoms with Crippen LogP contribution in [0.15, 0.2) is 78.9 Å². The van der Waals surface area contributed by atoms with E-state index in [0.717, 1.165) is 44.7 Å². The Morgan fingerprint density at radius 1 is 0.891 bits per heavy atom. The predicted molar refractivity (Wildman–Crippen MR) is 178 cm³/mol. The number of ether oxygens (including phenoxy) is 4. The molecule has 2 atom stereocenters. The second kappa shape index (κ2) is 14.3. The fourth-order valence-electron chi connectivity index (χ4n) is 5.75. The van der Waals surface area contributed by atoms with Crippen molar-refractivity contribution in [2.24, 2.45) is 5.92 Å². The Labute approximate surface area is 270 Å². The molecule has 5 rings (SSSR count). The van der Waals surface area contributed by atoms with E-state index < -0.39 is 21.7 Å². The number of aliphatic carboxylic acids is 1. The van der Waals surface area contributed by atoms with Crippen molar-refractivity contribution in [3.05, 3.63) is 107 Å². The zero-order valence-corrected chi connectivity index (χ0v) is 27.4. The van der Waals surface area contributed by atoms with Crippen LogP contribution in [0.1, 0.15) is 47.1 Å². The van der Waals surface area contributed by atoms with Crippen molar-refractivity contribution in [3.63, 3.8) is 0 Å². The summed E-state index contributed by atoms with van der Waals surface area (Å²) >= 11 is 0. The Morgan fingerprint density at radius 3 is 2.30 bits per heavy atom. The number of para-hydroxylation sites is 1. The first-order valence-electron chi connectivity index (χ1n) is 15.3. The average molecular weight is 645 g/mol. The zero-order chi connectivity index (χ0) is 32.8. The number of hydrogen-bond acceptors (Lipinski definition) is 7. The van der Waals surface area contributed by atoms with Crippen molar-refractivity contribution in [2.45, 2.75) is 46.3 Å². The highest BCUT2D eigenvalue weighted by atomic mass is 32.2. The van der Waals surface area contributed by atoms with E-state index in [1.54, 1.807) is 6.92 Å². The molecule has 9 heteroatoms. The lowest BCUT2D eigenvalue weighted by atomic mass is 9.89. The predicted octanol–water partition coefficient (Wildman–Crippen LogP) is 7.14. The lowest BCUT2D eigenvalue weighted by Crippen LogP contribution is -2.19. The highest BCUT2D eigenvalue weighted by molar-refractivity contribution is 7.90. The second-order valence-corrected chi connectivity index (χ2v) is 14.1. The number of carbonyl (C=O) groups is 1. The first kappa shape index (κ1) is 32.9. The maximum absolute atomic E-state index is 11.5. The SMILES string of the molecule is Cc1cc(OCCCS(C)(=O)=O)cc(C)c1-c1cc(COc2ccc3c(c2)OC[C@H]3C(C)C(=O)O)ccc1COc1ccccc1. The molecule has 0 fully saturated rings. The van der Waals surface area contributed by atoms with Crippen molar-refractivity contribution in [3.8, 4) is 34.1 Å². The highest BCUT2D eigenvalue weighted by Gasteiger charge is 2.33. The number of fused-ring (bicyclic) bond motifs is 1. The van der Waals surface area contributed by atoms with Gasteiger partial charge < -0.3 is 24.1 Å². The van der Waals surface area contributed by atoms with Crippen LogP contribution in [-0.2, 0) is 27.8 Å². The molecule has 1 aliphatic heterocycles. The molecule has 1 aliphatic rings. The average Bonchev–Trinajstić information content (AvgIpc) is 3.44. The van der Waals surface area contributed by atoms with Gasteiger partial charge in [0.15, 0.2) is 0 Å². The molecular weight excluding hydrogens is 604 g/mol. The van der Waals surface area contributed by atoms with E-state index in [4.69, 9.17) is 18.9 Å². The van der Waals surface area contributed by atoms with Crippen LogP contribution in [0, 0.1) is 19.8 Å². The third kappa shape index (κ3) is 8.20. The summed E-state index contributed by atoms with van der Waals surface area (Å²) in [6.07, 6.45) is 1.66. The monoisotopic (exact) mass is 644 g/mol. The fraction of sp³-hybridized carbons (Fsp3) is 0.324. The largest absolute Gasteiger partial charge is 0.494 e. The van der Waals surface area contributed by atoms with Crippen molar-refractivity contribution in [1.29, 1.82) is 0 Å². The third-order valence-electron chi connectivity index (χ3n) is 8.22. The van der Waals surface area contributed by atoms with Crippen LogP contribution in [-0.4, -0.2) is 44.7 Å². The van der Waals surface area contributed by atoms with E-state index in [-0.39, 0.29) is 11.7 Å². The molecule has 0 aliphatic carbocycles. The lowest BCUT2D eigenvalue weighted by Gasteiger charge is -2.19. The quantitative estimate of drug-likeness (QED) is 0.144. The minimum Gasteiger partial charge on any atom is -0.494 e. The lowest BCUT2D eigenvalue weighted by molar-refractivity contribution is -0.142. The number of aryl methyl sites for hydroxylation is 2. The molecule has 0 bridgehead atoms. The molecule has 4 aromatic carbocycles. The molecule has 0 aromatic heterocycles. The summed E-state index contributed by atoms with van der Waals surface area (Å²) in [5.74, 6) is 1.31. The first-order chi connectivity index (χ1) is 22.0. The molecule has 0 saturated heterocycles. The minimum atomic E-state index is -3.03. The van der Waals surface area contributed by atoms with E-state index in [0.29, 0.717) is 50.1 Å². The molecule has 242 valence electrons. The van der Waals surface area contributed by atoms with Gasteiger partial charge >= 0.3 is 5.97 Å². The Morgan fingerprint density at radius 2 is 1.61 bits per heavy atom. The van der Waals surface area contributed by atoms with Crippen molar-refractivity contribution >= 4 is 15.8 Å². The van der Waals surface area contributed by atoms with E-state index in [1.165, 1.54) is 6.26 Å². The molecule has 0 radical (unpaired) electrons. The maximum Gasteiger partial charge on any atom is 0.306 e. The zero-order valence-electron chi connectivity index (χ0n) is 26.6. The van der Waals surface area contributed by atoms with Gasteiger partial charge in [0.2, 0.25) is 0 Å². The van der Waals surface area contributed by atoms with Gasteiger partial charge in [0.1, 0.15) is 46.0 Å². The third-order valence-corrected chi connectivity index (χ3v) is 9.25. The van der Waals surface area contributed by atoms with Crippen molar-refractivity contribution < 1.29 is 37.3 Å². The number of carboxylic acids is 1. The Balaban J connectivity index is 1.37. The summed E-state index contributed by atoms with van der Waals surface area (Å²) in [4.78, 5) is 11.5. The van der Waals surface area contributed by atoms with Gasteiger partial charge in [-0.3, -0.25) is 4.79 Å². The number of hydrogen-bond donors (Lipinski definition) is 1. The van der Waals surface area contributed by atoms with E-state index in [2.05, 4.69) is 12.1 Å². The molecule has 4 aromatic rings. The van der Waals surface area contributed by atoms with Crippen LogP contribution in [0.5, 0.6) is 23.0 Å². The van der Waals surface area contributed by atoms with E-state index >= 15 is 0 Å². The number of sulfone groups is 1. The van der Waals surface area contributed by atoms with Crippen LogP contribution < -0.4 is 18.9 Å². The molecule has 1 N–H and O–H groups in total. The van der Waals surface area contributed by atoms with E-state index in [9.17, 15) is 18.3 Å². The van der Waals surface area contributed by atoms with Gasteiger partial charge in [-0.2, -0.15) is 0 Å². The van der Waals surface area contributed by atoms with Crippen LogP contribution >= 0.6 is 0 Å².